The smallest absolute Gasteiger partial charge is 0.338 e. The van der Waals surface area contributed by atoms with E-state index >= 15 is 0 Å². The standard InChI is InChI=1S/C26H36N4O4/c1-6-13-30-21(17-28-14-15-29(19(5)16-28)22(31)7-2)23(25(32)34-8-3)24(27-26(30)33)20-12-10-9-11-18(20)4/h6,9-12,19,24H,1,7-8,13-17H2,2-5H3,(H,27,33)/t19-,24-/m1/s1. The summed E-state index contributed by atoms with van der Waals surface area (Å²) in [5, 5.41) is 3.01. The molecule has 34 heavy (non-hydrogen) atoms. The molecule has 0 aromatic heterocycles. The van der Waals surface area contributed by atoms with Crippen molar-refractivity contribution in [2.45, 2.75) is 46.2 Å². The lowest BCUT2D eigenvalue weighted by Gasteiger charge is -2.43. The van der Waals surface area contributed by atoms with Crippen molar-refractivity contribution in [1.82, 2.24) is 20.0 Å². The molecule has 0 unspecified atom stereocenters. The van der Waals surface area contributed by atoms with Crippen molar-refractivity contribution >= 4 is 17.9 Å². The van der Waals surface area contributed by atoms with Gasteiger partial charge in [0.25, 0.3) is 0 Å². The number of nitrogens with zero attached hydrogens (tertiary/aromatic N) is 3. The Hall–Kier alpha value is -3.13. The molecule has 8 nitrogen and oxygen atoms in total. The molecule has 1 N–H and O–H groups in total. The van der Waals surface area contributed by atoms with Crippen molar-refractivity contribution in [3.8, 4) is 0 Å². The number of esters is 1. The molecule has 0 radical (unpaired) electrons. The van der Waals surface area contributed by atoms with Crippen molar-refractivity contribution in [2.24, 2.45) is 0 Å². The molecule has 8 heteroatoms. The van der Waals surface area contributed by atoms with E-state index in [4.69, 9.17) is 4.74 Å². The molecule has 1 fully saturated rings. The van der Waals surface area contributed by atoms with E-state index in [9.17, 15) is 14.4 Å². The fourth-order valence-electron chi connectivity index (χ4n) is 4.75. The normalized spacial score (nSPS) is 21.4. The van der Waals surface area contributed by atoms with E-state index in [-0.39, 0.29) is 31.1 Å². The zero-order chi connectivity index (χ0) is 24.8. The molecule has 0 bridgehead atoms. The monoisotopic (exact) mass is 468 g/mol. The first-order valence-corrected chi connectivity index (χ1v) is 12.0. The molecule has 184 valence electrons. The quantitative estimate of drug-likeness (QED) is 0.469. The molecule has 1 saturated heterocycles. The van der Waals surface area contributed by atoms with Gasteiger partial charge in [-0.1, -0.05) is 37.3 Å². The van der Waals surface area contributed by atoms with Crippen molar-refractivity contribution in [1.29, 1.82) is 0 Å². The summed E-state index contributed by atoms with van der Waals surface area (Å²) in [5.41, 5.74) is 2.91. The van der Waals surface area contributed by atoms with Gasteiger partial charge in [0.05, 0.1) is 18.2 Å². The lowest BCUT2D eigenvalue weighted by molar-refractivity contribution is -0.139. The third-order valence-electron chi connectivity index (χ3n) is 6.45. The largest absolute Gasteiger partial charge is 0.463 e. The maximum Gasteiger partial charge on any atom is 0.338 e. The van der Waals surface area contributed by atoms with Gasteiger partial charge in [0.2, 0.25) is 5.91 Å². The molecule has 3 amide bonds. The van der Waals surface area contributed by atoms with Crippen LogP contribution in [0.3, 0.4) is 0 Å². The van der Waals surface area contributed by atoms with E-state index in [1.165, 1.54) is 0 Å². The van der Waals surface area contributed by atoms with Crippen LogP contribution in [0.2, 0.25) is 0 Å². The molecule has 0 spiro atoms. The van der Waals surface area contributed by atoms with Gasteiger partial charge >= 0.3 is 12.0 Å². The minimum absolute atomic E-state index is 0.0466. The summed E-state index contributed by atoms with van der Waals surface area (Å²) in [6.07, 6.45) is 2.13. The van der Waals surface area contributed by atoms with Crippen LogP contribution in [0.15, 0.2) is 48.2 Å². The third kappa shape index (κ3) is 5.33. The second kappa shape index (κ2) is 11.3. The van der Waals surface area contributed by atoms with E-state index < -0.39 is 12.0 Å². The summed E-state index contributed by atoms with van der Waals surface area (Å²) in [7, 11) is 0. The van der Waals surface area contributed by atoms with Gasteiger partial charge < -0.3 is 15.0 Å². The van der Waals surface area contributed by atoms with Crippen LogP contribution in [0.4, 0.5) is 4.79 Å². The molecule has 2 aliphatic heterocycles. The number of carbonyl (C=O) groups is 3. The lowest BCUT2D eigenvalue weighted by atomic mass is 9.91. The fourth-order valence-corrected chi connectivity index (χ4v) is 4.75. The molecule has 1 aromatic carbocycles. The highest BCUT2D eigenvalue weighted by molar-refractivity contribution is 5.95. The predicted octanol–water partition coefficient (Wildman–Crippen LogP) is 3.01. The van der Waals surface area contributed by atoms with Gasteiger partial charge in [0, 0.05) is 50.9 Å². The van der Waals surface area contributed by atoms with Crippen molar-refractivity contribution in [3.63, 3.8) is 0 Å². The van der Waals surface area contributed by atoms with Gasteiger partial charge in [0.15, 0.2) is 0 Å². The lowest BCUT2D eigenvalue weighted by Crippen LogP contribution is -2.56. The van der Waals surface area contributed by atoms with Crippen molar-refractivity contribution < 1.29 is 19.1 Å². The number of ether oxygens (including phenoxy) is 1. The van der Waals surface area contributed by atoms with E-state index in [1.807, 2.05) is 49.9 Å². The summed E-state index contributed by atoms with van der Waals surface area (Å²) < 4.78 is 5.47. The summed E-state index contributed by atoms with van der Waals surface area (Å²) in [4.78, 5) is 44.4. The van der Waals surface area contributed by atoms with Crippen LogP contribution in [0.5, 0.6) is 0 Å². The molecule has 1 aromatic rings. The molecule has 2 atom stereocenters. The zero-order valence-corrected chi connectivity index (χ0v) is 20.7. The number of piperazine rings is 1. The Morgan fingerprint density at radius 3 is 2.59 bits per heavy atom. The van der Waals surface area contributed by atoms with Crippen LogP contribution < -0.4 is 5.32 Å². The second-order valence-electron chi connectivity index (χ2n) is 8.74. The fraction of sp³-hybridized carbons (Fsp3) is 0.500. The molecule has 0 saturated carbocycles. The van der Waals surface area contributed by atoms with Crippen LogP contribution in [0.1, 0.15) is 44.4 Å². The van der Waals surface area contributed by atoms with Gasteiger partial charge in [-0.3, -0.25) is 14.6 Å². The van der Waals surface area contributed by atoms with Gasteiger partial charge in [-0.15, -0.1) is 6.58 Å². The minimum atomic E-state index is -0.607. The van der Waals surface area contributed by atoms with E-state index in [0.717, 1.165) is 11.1 Å². The van der Waals surface area contributed by atoms with E-state index in [0.29, 0.717) is 43.9 Å². The van der Waals surface area contributed by atoms with Crippen LogP contribution in [0.25, 0.3) is 0 Å². The Bertz CT molecular complexity index is 973. The Morgan fingerprint density at radius 2 is 1.97 bits per heavy atom. The number of hydrogen-bond donors (Lipinski definition) is 1. The minimum Gasteiger partial charge on any atom is -0.463 e. The average molecular weight is 469 g/mol. The van der Waals surface area contributed by atoms with Crippen molar-refractivity contribution in [3.05, 3.63) is 59.3 Å². The third-order valence-corrected chi connectivity index (χ3v) is 6.45. The highest BCUT2D eigenvalue weighted by Crippen LogP contribution is 2.33. The van der Waals surface area contributed by atoms with Crippen LogP contribution in [0, 0.1) is 6.92 Å². The van der Waals surface area contributed by atoms with E-state index in [2.05, 4.69) is 16.8 Å². The maximum absolute atomic E-state index is 13.3. The Morgan fingerprint density at radius 1 is 1.24 bits per heavy atom. The van der Waals surface area contributed by atoms with Crippen molar-refractivity contribution in [2.75, 3.05) is 39.3 Å². The number of rotatable bonds is 8. The summed E-state index contributed by atoms with van der Waals surface area (Å²) >= 11 is 0. The average Bonchev–Trinajstić information content (AvgIpc) is 2.81. The molecule has 2 heterocycles. The Labute approximate surface area is 202 Å². The molecular weight excluding hydrogens is 432 g/mol. The topological polar surface area (TPSA) is 82.2 Å². The van der Waals surface area contributed by atoms with Gasteiger partial charge in [-0.2, -0.15) is 0 Å². The first-order chi connectivity index (χ1) is 16.3. The SMILES string of the molecule is C=CCN1C(=O)N[C@H](c2ccccc2C)C(C(=O)OCC)=C1CN1CCN(C(=O)CC)[C@H](C)C1. The summed E-state index contributed by atoms with van der Waals surface area (Å²) in [6, 6.07) is 6.89. The van der Waals surface area contributed by atoms with Gasteiger partial charge in [-0.05, 0) is 31.9 Å². The molecule has 2 aliphatic rings. The predicted molar refractivity (Wildman–Crippen MR) is 131 cm³/mol. The van der Waals surface area contributed by atoms with Crippen LogP contribution in [-0.4, -0.2) is 78.0 Å². The number of aryl methyl sites for hydroxylation is 1. The van der Waals surface area contributed by atoms with Crippen LogP contribution in [-0.2, 0) is 14.3 Å². The number of amides is 3. The Kier molecular flexibility index (Phi) is 8.50. The number of carbonyl (C=O) groups excluding carboxylic acids is 3. The maximum atomic E-state index is 13.3. The molecular formula is C26H36N4O4. The number of hydrogen-bond acceptors (Lipinski definition) is 5. The molecule has 0 aliphatic carbocycles. The number of nitrogens with one attached hydrogen (secondary N) is 1. The number of benzene rings is 1. The highest BCUT2D eigenvalue weighted by atomic mass is 16.5. The number of urea groups is 1. The zero-order valence-electron chi connectivity index (χ0n) is 20.7. The Balaban J connectivity index is 2.04. The first kappa shape index (κ1) is 25.5. The van der Waals surface area contributed by atoms with Gasteiger partial charge in [-0.25, -0.2) is 9.59 Å². The van der Waals surface area contributed by atoms with Gasteiger partial charge in [0.1, 0.15) is 0 Å². The first-order valence-electron chi connectivity index (χ1n) is 12.0. The van der Waals surface area contributed by atoms with Crippen LogP contribution >= 0.6 is 0 Å². The van der Waals surface area contributed by atoms with E-state index in [1.54, 1.807) is 17.9 Å². The second-order valence-corrected chi connectivity index (χ2v) is 8.74. The summed E-state index contributed by atoms with van der Waals surface area (Å²) in [6.45, 7) is 14.3. The highest BCUT2D eigenvalue weighted by Gasteiger charge is 2.39. The summed E-state index contributed by atoms with van der Waals surface area (Å²) in [5.74, 6) is -0.295. The molecule has 3 rings (SSSR count).